The van der Waals surface area contributed by atoms with Gasteiger partial charge in [0, 0.05) is 7.11 Å². The summed E-state index contributed by atoms with van der Waals surface area (Å²) >= 11 is 0. The Hall–Kier alpha value is -1.39. The minimum atomic E-state index is -0.561. The Bertz CT molecular complexity index is 336. The molecule has 0 N–H and O–H groups in total. The number of aliphatic imine (C=N–C) groups is 1. The van der Waals surface area contributed by atoms with E-state index in [1.54, 1.807) is 0 Å². The second-order valence-corrected chi connectivity index (χ2v) is 5.13. The summed E-state index contributed by atoms with van der Waals surface area (Å²) in [7, 11) is 1.53. The number of methoxy groups -OCH3 is 1. The van der Waals surface area contributed by atoms with E-state index >= 15 is 0 Å². The first-order valence-corrected chi connectivity index (χ1v) is 5.39. The van der Waals surface area contributed by atoms with Crippen molar-refractivity contribution in [3.8, 4) is 0 Å². The molecule has 0 unspecified atom stereocenters. The summed E-state index contributed by atoms with van der Waals surface area (Å²) in [6, 6.07) is 0. The van der Waals surface area contributed by atoms with Crippen LogP contribution in [0, 0.1) is 0 Å². The summed E-state index contributed by atoms with van der Waals surface area (Å²) in [5, 5.41) is 0. The van der Waals surface area contributed by atoms with Crippen LogP contribution in [0.3, 0.4) is 0 Å². The number of ether oxygens (including phenoxy) is 2. The fraction of sp³-hybridized carbons (Fsp3) is 0.818. The molecule has 0 aromatic heterocycles. The highest BCUT2D eigenvalue weighted by atomic mass is 16.6. The fourth-order valence-electron chi connectivity index (χ4n) is 1.57. The number of amides is 1. The molecule has 1 amide bonds. The van der Waals surface area contributed by atoms with Crippen molar-refractivity contribution in [1.29, 1.82) is 0 Å². The average molecular weight is 242 g/mol. The van der Waals surface area contributed by atoms with E-state index < -0.39 is 11.2 Å². The monoisotopic (exact) mass is 242 g/mol. The summed E-state index contributed by atoms with van der Waals surface area (Å²) in [6.07, 6.45) is 1.09. The molecular formula is C11H18N2O4. The molecule has 1 aliphatic heterocycles. The van der Waals surface area contributed by atoms with Gasteiger partial charge in [0.1, 0.15) is 11.2 Å². The van der Waals surface area contributed by atoms with Gasteiger partial charge in [0.05, 0.1) is 19.6 Å². The van der Waals surface area contributed by atoms with E-state index in [2.05, 4.69) is 4.99 Å². The highest BCUT2D eigenvalue weighted by Gasteiger charge is 2.47. The van der Waals surface area contributed by atoms with Gasteiger partial charge in [-0.05, 0) is 20.8 Å². The number of nitrogens with zero attached hydrogens (tertiary/aromatic N) is 2. The molecular weight excluding hydrogens is 224 g/mol. The molecule has 0 bridgehead atoms. The highest BCUT2D eigenvalue weighted by Crippen LogP contribution is 2.26. The predicted octanol–water partition coefficient (Wildman–Crippen LogP) is 0.958. The van der Waals surface area contributed by atoms with Crippen LogP contribution in [0.1, 0.15) is 20.8 Å². The predicted molar refractivity (Wildman–Crippen MR) is 60.5 cm³/mol. The molecule has 0 saturated carbocycles. The maximum absolute atomic E-state index is 11.7. The van der Waals surface area contributed by atoms with E-state index in [1.807, 2.05) is 20.8 Å². The van der Waals surface area contributed by atoms with Crippen molar-refractivity contribution in [1.82, 2.24) is 4.90 Å². The normalized spacial score (nSPS) is 18.0. The first-order chi connectivity index (χ1) is 7.82. The van der Waals surface area contributed by atoms with Crippen molar-refractivity contribution in [2.24, 2.45) is 4.99 Å². The zero-order chi connectivity index (χ0) is 13.1. The first-order valence-electron chi connectivity index (χ1n) is 5.39. The van der Waals surface area contributed by atoms with Crippen molar-refractivity contribution in [3.63, 3.8) is 0 Å². The number of rotatable bonds is 3. The number of carbonyl (C=O) groups excluding carboxylic acids is 2. The van der Waals surface area contributed by atoms with Gasteiger partial charge in [0.25, 0.3) is 0 Å². The Balaban J connectivity index is 2.49. The third-order valence-electron chi connectivity index (χ3n) is 2.47. The van der Waals surface area contributed by atoms with Crippen LogP contribution in [-0.4, -0.2) is 55.0 Å². The van der Waals surface area contributed by atoms with E-state index in [-0.39, 0.29) is 12.6 Å². The van der Waals surface area contributed by atoms with Gasteiger partial charge >= 0.3 is 6.09 Å². The van der Waals surface area contributed by atoms with Crippen LogP contribution in [0.25, 0.3) is 0 Å². The average Bonchev–Trinajstić information content (AvgIpc) is 2.14. The maximum Gasteiger partial charge on any atom is 0.410 e. The van der Waals surface area contributed by atoms with Crippen LogP contribution in [0.2, 0.25) is 0 Å². The van der Waals surface area contributed by atoms with Gasteiger partial charge in [-0.3, -0.25) is 0 Å². The van der Waals surface area contributed by atoms with Crippen molar-refractivity contribution in [2.75, 3.05) is 26.7 Å². The summed E-state index contributed by atoms with van der Waals surface area (Å²) in [4.78, 5) is 26.7. The summed E-state index contributed by atoms with van der Waals surface area (Å²) in [5.74, 6) is 0. The third kappa shape index (κ3) is 3.54. The van der Waals surface area contributed by atoms with Crippen LogP contribution >= 0.6 is 0 Å². The lowest BCUT2D eigenvalue weighted by Crippen LogP contribution is -2.66. The summed E-state index contributed by atoms with van der Waals surface area (Å²) in [6.45, 7) is 6.40. The van der Waals surface area contributed by atoms with Gasteiger partial charge in [0.2, 0.25) is 6.08 Å². The van der Waals surface area contributed by atoms with E-state index in [1.165, 1.54) is 18.1 Å². The van der Waals surface area contributed by atoms with Crippen LogP contribution in [-0.2, 0) is 14.3 Å². The molecule has 6 nitrogen and oxygen atoms in total. The van der Waals surface area contributed by atoms with Crippen molar-refractivity contribution < 1.29 is 19.1 Å². The molecule has 1 fully saturated rings. The van der Waals surface area contributed by atoms with Crippen molar-refractivity contribution in [3.05, 3.63) is 0 Å². The van der Waals surface area contributed by atoms with E-state index in [4.69, 9.17) is 9.47 Å². The quantitative estimate of drug-likeness (QED) is 0.546. The number of isocyanates is 1. The van der Waals surface area contributed by atoms with Gasteiger partial charge < -0.3 is 14.4 Å². The van der Waals surface area contributed by atoms with Crippen molar-refractivity contribution in [2.45, 2.75) is 32.0 Å². The van der Waals surface area contributed by atoms with Crippen LogP contribution in [0.4, 0.5) is 4.79 Å². The Morgan fingerprint density at radius 3 is 2.47 bits per heavy atom. The van der Waals surface area contributed by atoms with Gasteiger partial charge in [-0.25, -0.2) is 14.6 Å². The number of carbonyl (C=O) groups is 1. The molecule has 0 aliphatic carbocycles. The maximum atomic E-state index is 11.7. The van der Waals surface area contributed by atoms with E-state index in [0.29, 0.717) is 13.1 Å². The largest absolute Gasteiger partial charge is 0.444 e. The molecule has 1 aliphatic rings. The van der Waals surface area contributed by atoms with Gasteiger partial charge in [0.15, 0.2) is 0 Å². The number of hydrogen-bond acceptors (Lipinski definition) is 5. The highest BCUT2D eigenvalue weighted by molar-refractivity contribution is 5.69. The van der Waals surface area contributed by atoms with E-state index in [9.17, 15) is 9.59 Å². The molecule has 0 spiro atoms. The SMILES string of the molecule is COC1(CN=C=O)CN(C(=O)OC(C)(C)C)C1. The van der Waals surface area contributed by atoms with Gasteiger partial charge in [-0.15, -0.1) is 0 Å². The Kier molecular flexibility index (Phi) is 3.91. The number of hydrogen-bond donors (Lipinski definition) is 0. The molecule has 1 saturated heterocycles. The Labute approximate surface area is 101 Å². The molecule has 0 radical (unpaired) electrons. The molecule has 0 atom stereocenters. The summed E-state index contributed by atoms with van der Waals surface area (Å²) < 4.78 is 10.5. The Morgan fingerprint density at radius 1 is 1.47 bits per heavy atom. The first kappa shape index (κ1) is 13.7. The molecule has 0 aromatic carbocycles. The lowest BCUT2D eigenvalue weighted by molar-refractivity contribution is -0.114. The zero-order valence-corrected chi connectivity index (χ0v) is 10.6. The molecule has 1 rings (SSSR count). The molecule has 17 heavy (non-hydrogen) atoms. The topological polar surface area (TPSA) is 68.2 Å². The minimum absolute atomic E-state index is 0.215. The third-order valence-corrected chi connectivity index (χ3v) is 2.47. The van der Waals surface area contributed by atoms with Crippen LogP contribution < -0.4 is 0 Å². The molecule has 1 heterocycles. The van der Waals surface area contributed by atoms with Crippen molar-refractivity contribution >= 4 is 12.2 Å². The van der Waals surface area contributed by atoms with Gasteiger partial charge in [-0.1, -0.05) is 0 Å². The molecule has 96 valence electrons. The van der Waals surface area contributed by atoms with Gasteiger partial charge in [-0.2, -0.15) is 0 Å². The number of likely N-dealkylation sites (tertiary alicyclic amines) is 1. The molecule has 6 heteroatoms. The van der Waals surface area contributed by atoms with Crippen LogP contribution in [0.15, 0.2) is 4.99 Å². The second kappa shape index (κ2) is 4.85. The lowest BCUT2D eigenvalue weighted by Gasteiger charge is -2.47. The Morgan fingerprint density at radius 2 is 2.06 bits per heavy atom. The lowest BCUT2D eigenvalue weighted by atomic mass is 9.94. The second-order valence-electron chi connectivity index (χ2n) is 5.13. The summed E-state index contributed by atoms with van der Waals surface area (Å²) in [5.41, 5.74) is -1.07. The van der Waals surface area contributed by atoms with Crippen LogP contribution in [0.5, 0.6) is 0 Å². The molecule has 0 aromatic rings. The zero-order valence-electron chi connectivity index (χ0n) is 10.6. The van der Waals surface area contributed by atoms with E-state index in [0.717, 1.165) is 0 Å². The standard InChI is InChI=1S/C11H18N2O4/c1-10(2,3)17-9(15)13-6-11(7-13,16-4)5-12-8-14/h5-7H2,1-4H3. The fourth-order valence-corrected chi connectivity index (χ4v) is 1.57. The minimum Gasteiger partial charge on any atom is -0.444 e. The smallest absolute Gasteiger partial charge is 0.410 e.